The van der Waals surface area contributed by atoms with E-state index in [4.69, 9.17) is 4.99 Å². The fourth-order valence-corrected chi connectivity index (χ4v) is 6.25. The van der Waals surface area contributed by atoms with Crippen molar-refractivity contribution >= 4 is 11.4 Å². The van der Waals surface area contributed by atoms with Gasteiger partial charge in [0.2, 0.25) is 0 Å². The van der Waals surface area contributed by atoms with Gasteiger partial charge in [-0.2, -0.15) is 0 Å². The Morgan fingerprint density at radius 3 is 2.91 bits per heavy atom. The molecule has 2 fully saturated rings. The molecule has 4 nitrogen and oxygen atoms in total. The highest BCUT2D eigenvalue weighted by Gasteiger charge is 2.33. The number of aromatic hydroxyl groups is 1. The molecule has 0 spiro atoms. The number of halogens is 1. The van der Waals surface area contributed by atoms with Crippen molar-refractivity contribution < 1.29 is 9.50 Å². The molecular weight excluding hydrogens is 413 g/mol. The van der Waals surface area contributed by atoms with Crippen LogP contribution in [0.15, 0.2) is 53.2 Å². The summed E-state index contributed by atoms with van der Waals surface area (Å²) >= 11 is 0. The summed E-state index contributed by atoms with van der Waals surface area (Å²) < 4.78 is 14.6. The molecule has 33 heavy (non-hydrogen) atoms. The van der Waals surface area contributed by atoms with Gasteiger partial charge >= 0.3 is 0 Å². The topological polar surface area (TPSA) is 39.1 Å². The van der Waals surface area contributed by atoms with Gasteiger partial charge in [0.15, 0.2) is 0 Å². The van der Waals surface area contributed by atoms with E-state index >= 15 is 0 Å². The molecule has 4 atom stereocenters. The Balaban J connectivity index is 1.32. The monoisotopic (exact) mass is 449 g/mol. The lowest BCUT2D eigenvalue weighted by Gasteiger charge is -2.28. The van der Waals surface area contributed by atoms with Crippen molar-refractivity contribution in [2.75, 3.05) is 33.2 Å². The van der Waals surface area contributed by atoms with Crippen molar-refractivity contribution in [3.63, 3.8) is 0 Å². The summed E-state index contributed by atoms with van der Waals surface area (Å²) in [7, 11) is 2.11. The van der Waals surface area contributed by atoms with E-state index in [1.807, 2.05) is 6.08 Å². The molecule has 1 N–H and O–H groups in total. The van der Waals surface area contributed by atoms with Crippen LogP contribution in [0.2, 0.25) is 0 Å². The summed E-state index contributed by atoms with van der Waals surface area (Å²) in [6.45, 7) is 6.82. The molecule has 0 bridgehead atoms. The second-order valence-electron chi connectivity index (χ2n) is 10.5. The van der Waals surface area contributed by atoms with Crippen LogP contribution in [0.4, 0.5) is 4.39 Å². The molecule has 1 aromatic carbocycles. The van der Waals surface area contributed by atoms with Gasteiger partial charge in [0.25, 0.3) is 0 Å². The lowest BCUT2D eigenvalue weighted by atomic mass is 9.89. The second-order valence-corrected chi connectivity index (χ2v) is 10.5. The Morgan fingerprint density at radius 2 is 2.03 bits per heavy atom. The first-order chi connectivity index (χ1) is 16.0. The first-order valence-electron chi connectivity index (χ1n) is 12.6. The van der Waals surface area contributed by atoms with Gasteiger partial charge in [-0.1, -0.05) is 38.0 Å². The van der Waals surface area contributed by atoms with E-state index < -0.39 is 0 Å². The standard InChI is InChI=1S/C28H36FN3O/c1-19-15-21-6-3-7-22(21)18-32(17-19)14-13-31(2)27-8-4-5-20-9-11-24(28(20)30-27)25-16-23(33)10-12-26(25)29/h4,8-12,16,19-22,33H,3,5-7,13-15,17-18H2,1-2H3/t19-,20?,21?,22-/m0/s1. The maximum Gasteiger partial charge on any atom is 0.131 e. The fourth-order valence-electron chi connectivity index (χ4n) is 6.25. The highest BCUT2D eigenvalue weighted by atomic mass is 19.1. The van der Waals surface area contributed by atoms with Crippen LogP contribution in [-0.4, -0.2) is 54.0 Å². The Bertz CT molecular complexity index is 1010. The maximum absolute atomic E-state index is 14.6. The van der Waals surface area contributed by atoms with Crippen LogP contribution in [0.5, 0.6) is 5.75 Å². The van der Waals surface area contributed by atoms with Crippen molar-refractivity contribution in [2.24, 2.45) is 28.7 Å². The van der Waals surface area contributed by atoms with Crippen LogP contribution in [-0.2, 0) is 0 Å². The molecule has 2 unspecified atom stereocenters. The van der Waals surface area contributed by atoms with Gasteiger partial charge < -0.3 is 14.9 Å². The number of hydrogen-bond donors (Lipinski definition) is 1. The van der Waals surface area contributed by atoms with Gasteiger partial charge in [0.05, 0.1) is 5.70 Å². The normalized spacial score (nSPS) is 29.5. The molecule has 0 radical (unpaired) electrons. The van der Waals surface area contributed by atoms with Gasteiger partial charge in [-0.3, -0.25) is 0 Å². The van der Waals surface area contributed by atoms with Crippen LogP contribution in [0.25, 0.3) is 5.57 Å². The van der Waals surface area contributed by atoms with Crippen molar-refractivity contribution in [2.45, 2.75) is 39.0 Å². The first-order valence-corrected chi connectivity index (χ1v) is 12.6. The molecule has 176 valence electrons. The molecular formula is C28H36FN3O. The van der Waals surface area contributed by atoms with E-state index in [2.05, 4.69) is 42.0 Å². The summed E-state index contributed by atoms with van der Waals surface area (Å²) in [5, 5.41) is 9.90. The van der Waals surface area contributed by atoms with Crippen LogP contribution in [0.1, 0.15) is 44.6 Å². The van der Waals surface area contributed by atoms with Crippen LogP contribution < -0.4 is 0 Å². The number of nitrogens with zero attached hydrogens (tertiary/aromatic N) is 3. The van der Waals surface area contributed by atoms with E-state index in [9.17, 15) is 9.50 Å². The van der Waals surface area contributed by atoms with E-state index in [-0.39, 0.29) is 17.5 Å². The van der Waals surface area contributed by atoms with Gasteiger partial charge in [-0.25, -0.2) is 9.38 Å². The zero-order valence-corrected chi connectivity index (χ0v) is 19.9. The molecule has 2 aliphatic carbocycles. The number of allylic oxidation sites excluding steroid dienone is 4. The zero-order chi connectivity index (χ0) is 22.9. The molecule has 1 aromatic rings. The number of amidine groups is 1. The fraction of sp³-hybridized carbons (Fsp3) is 0.536. The number of aliphatic imine (C=N–C) groups is 1. The number of fused-ring (bicyclic) bond motifs is 2. The van der Waals surface area contributed by atoms with Crippen molar-refractivity contribution in [1.82, 2.24) is 9.80 Å². The SMILES string of the molecule is C[C@H]1CC2CCC[C@H]2CN(CCN(C)C2=NC3=C(c4cc(O)ccc4F)C=CC3CC=C2)C1. The quantitative estimate of drug-likeness (QED) is 0.662. The summed E-state index contributed by atoms with van der Waals surface area (Å²) in [6.07, 6.45) is 14.8. The molecule has 1 saturated heterocycles. The minimum absolute atomic E-state index is 0.0700. The number of hydrogen-bond acceptors (Lipinski definition) is 4. The third kappa shape index (κ3) is 4.79. The number of likely N-dealkylation sites (N-methyl/N-ethyl adjacent to an activating group) is 1. The zero-order valence-electron chi connectivity index (χ0n) is 19.9. The second kappa shape index (κ2) is 9.46. The minimum Gasteiger partial charge on any atom is -0.508 e. The van der Waals surface area contributed by atoms with E-state index in [0.29, 0.717) is 5.56 Å². The van der Waals surface area contributed by atoms with Crippen LogP contribution in [0, 0.1) is 29.5 Å². The first kappa shape index (κ1) is 22.4. The molecule has 5 rings (SSSR count). The smallest absolute Gasteiger partial charge is 0.131 e. The molecule has 5 heteroatoms. The van der Waals surface area contributed by atoms with Crippen LogP contribution >= 0.6 is 0 Å². The Hall–Kier alpha value is -2.40. The number of rotatable bonds is 4. The van der Waals surface area contributed by atoms with E-state index in [1.54, 1.807) is 0 Å². The molecule has 0 amide bonds. The number of phenols is 1. The van der Waals surface area contributed by atoms with Crippen molar-refractivity contribution in [3.8, 4) is 5.75 Å². The van der Waals surface area contributed by atoms with Crippen molar-refractivity contribution in [3.05, 3.63) is 59.6 Å². The molecule has 2 aliphatic heterocycles. The third-order valence-corrected chi connectivity index (χ3v) is 7.98. The number of benzene rings is 1. The molecule has 1 saturated carbocycles. The average Bonchev–Trinajstić information content (AvgIpc) is 3.28. The van der Waals surface area contributed by atoms with E-state index in [1.165, 1.54) is 57.0 Å². The van der Waals surface area contributed by atoms with E-state index in [0.717, 1.165) is 54.4 Å². The largest absolute Gasteiger partial charge is 0.508 e. The molecule has 4 aliphatic rings. The van der Waals surface area contributed by atoms with Gasteiger partial charge in [-0.15, -0.1) is 0 Å². The molecule has 0 aromatic heterocycles. The summed E-state index contributed by atoms with van der Waals surface area (Å²) in [5.41, 5.74) is 2.08. The summed E-state index contributed by atoms with van der Waals surface area (Å²) in [6, 6.07) is 4.20. The van der Waals surface area contributed by atoms with Crippen molar-refractivity contribution in [1.29, 1.82) is 0 Å². The van der Waals surface area contributed by atoms with Crippen LogP contribution in [0.3, 0.4) is 0 Å². The highest BCUT2D eigenvalue weighted by molar-refractivity contribution is 5.95. The summed E-state index contributed by atoms with van der Waals surface area (Å²) in [4.78, 5) is 9.93. The Morgan fingerprint density at radius 1 is 1.18 bits per heavy atom. The molecule has 2 heterocycles. The maximum atomic E-state index is 14.6. The minimum atomic E-state index is -0.330. The lowest BCUT2D eigenvalue weighted by Crippen LogP contribution is -2.38. The average molecular weight is 450 g/mol. The predicted octanol–water partition coefficient (Wildman–Crippen LogP) is 5.48. The predicted molar refractivity (Wildman–Crippen MR) is 132 cm³/mol. The summed E-state index contributed by atoms with van der Waals surface area (Å²) in [5.74, 6) is 3.40. The third-order valence-electron chi connectivity index (χ3n) is 7.98. The number of likely N-dealkylation sites (tertiary alicyclic amines) is 1. The Kier molecular flexibility index (Phi) is 6.42. The van der Waals surface area contributed by atoms with Gasteiger partial charge in [0, 0.05) is 50.3 Å². The lowest BCUT2D eigenvalue weighted by molar-refractivity contribution is 0.215. The highest BCUT2D eigenvalue weighted by Crippen LogP contribution is 2.40. The Labute approximate surface area is 197 Å². The number of phenolic OH excluding ortho intramolecular Hbond substituents is 1. The van der Waals surface area contributed by atoms with Gasteiger partial charge in [-0.05, 0) is 61.3 Å². The van der Waals surface area contributed by atoms with Gasteiger partial charge in [0.1, 0.15) is 17.4 Å².